The highest BCUT2D eigenvalue weighted by Crippen LogP contribution is 2.33. The van der Waals surface area contributed by atoms with Gasteiger partial charge in [-0.2, -0.15) is 17.8 Å². The van der Waals surface area contributed by atoms with Crippen molar-refractivity contribution < 1.29 is 30.6 Å². The van der Waals surface area contributed by atoms with E-state index in [9.17, 15) is 21.6 Å². The Bertz CT molecular complexity index is 1510. The number of aliphatic imine (C=N–C) groups is 1. The lowest BCUT2D eigenvalue weighted by Gasteiger charge is -2.23. The van der Waals surface area contributed by atoms with E-state index >= 15 is 0 Å². The molecule has 2 heterocycles. The van der Waals surface area contributed by atoms with Gasteiger partial charge in [-0.15, -0.1) is 0 Å². The van der Waals surface area contributed by atoms with Gasteiger partial charge in [-0.25, -0.2) is 13.3 Å². The first kappa shape index (κ1) is 23.7. The van der Waals surface area contributed by atoms with Crippen molar-refractivity contribution in [3.05, 3.63) is 59.7 Å². The average Bonchev–Trinajstić information content (AvgIpc) is 3.22. The number of fused-ring (bicyclic) bond motifs is 1. The third-order valence-corrected chi connectivity index (χ3v) is 7.56. The monoisotopic (exact) mass is 520 g/mol. The molecule has 11 nitrogen and oxygen atoms in total. The van der Waals surface area contributed by atoms with Gasteiger partial charge in [-0.05, 0) is 35.9 Å². The molecule has 0 aromatic heterocycles. The standard InChI is InChI=1S/C20H16N4O7S3/c1-30-16-11-12(8-9-15(16)31-34(28,29)13-6-4-3-5-7-13)10-14-17(21)24-19(22-18(14)25)32-23-20(24)33(2,26)27/h3-11,21H,1-2H3/b14-10-,21-17?. The van der Waals surface area contributed by atoms with Crippen LogP contribution < -0.4 is 8.92 Å². The highest BCUT2D eigenvalue weighted by Gasteiger charge is 2.41. The Kier molecular flexibility index (Phi) is 6.05. The minimum absolute atomic E-state index is 0.0278. The summed E-state index contributed by atoms with van der Waals surface area (Å²) in [6, 6.07) is 11.8. The normalized spacial score (nSPS) is 17.4. The summed E-state index contributed by atoms with van der Waals surface area (Å²) in [6.45, 7) is 0. The second kappa shape index (κ2) is 8.70. The quantitative estimate of drug-likeness (QED) is 0.354. The van der Waals surface area contributed by atoms with Crippen LogP contribution in [0.15, 0.2) is 68.4 Å². The molecule has 0 aliphatic carbocycles. The van der Waals surface area contributed by atoms with Gasteiger partial charge >= 0.3 is 10.1 Å². The molecule has 0 spiro atoms. The van der Waals surface area contributed by atoms with E-state index < -0.39 is 36.9 Å². The minimum atomic E-state index is -4.11. The smallest absolute Gasteiger partial charge is 0.339 e. The van der Waals surface area contributed by atoms with Gasteiger partial charge in [-0.3, -0.25) is 10.2 Å². The lowest BCUT2D eigenvalue weighted by molar-refractivity contribution is -0.114. The molecule has 2 aromatic rings. The molecule has 0 radical (unpaired) electrons. The Morgan fingerprint density at radius 2 is 1.76 bits per heavy atom. The molecule has 2 aliphatic rings. The highest BCUT2D eigenvalue weighted by atomic mass is 32.2. The number of hydrogen-bond donors (Lipinski definition) is 1. The molecule has 0 saturated heterocycles. The number of ether oxygens (including phenoxy) is 1. The predicted octanol–water partition coefficient (Wildman–Crippen LogP) is 2.08. The van der Waals surface area contributed by atoms with Gasteiger partial charge in [-0.1, -0.05) is 24.3 Å². The first-order valence-corrected chi connectivity index (χ1v) is 13.4. The first-order chi connectivity index (χ1) is 16.0. The Hall–Kier alpha value is -3.49. The number of sulfone groups is 1. The zero-order valence-electron chi connectivity index (χ0n) is 17.6. The zero-order chi connectivity index (χ0) is 24.7. The molecular weight excluding hydrogens is 504 g/mol. The van der Waals surface area contributed by atoms with Gasteiger partial charge in [0.15, 0.2) is 11.5 Å². The predicted molar refractivity (Wildman–Crippen MR) is 127 cm³/mol. The van der Waals surface area contributed by atoms with E-state index in [1.165, 1.54) is 43.5 Å². The van der Waals surface area contributed by atoms with Crippen molar-refractivity contribution in [3.63, 3.8) is 0 Å². The number of amidine groups is 3. The molecule has 1 N–H and O–H groups in total. The summed E-state index contributed by atoms with van der Waals surface area (Å²) in [4.78, 5) is 17.3. The Morgan fingerprint density at radius 3 is 2.41 bits per heavy atom. The molecule has 2 aliphatic heterocycles. The van der Waals surface area contributed by atoms with Crippen molar-refractivity contribution in [2.24, 2.45) is 9.39 Å². The van der Waals surface area contributed by atoms with E-state index in [-0.39, 0.29) is 27.1 Å². The Morgan fingerprint density at radius 1 is 1.06 bits per heavy atom. The fourth-order valence-corrected chi connectivity index (χ4v) is 5.81. The fourth-order valence-electron chi connectivity index (χ4n) is 3.00. The Labute approximate surface area is 199 Å². The number of amides is 1. The first-order valence-electron chi connectivity index (χ1n) is 9.37. The number of rotatable bonds is 5. The van der Waals surface area contributed by atoms with E-state index in [1.807, 2.05) is 0 Å². The van der Waals surface area contributed by atoms with Crippen LogP contribution in [0.4, 0.5) is 0 Å². The number of benzene rings is 2. The lowest BCUT2D eigenvalue weighted by atomic mass is 10.1. The number of nitrogens with zero attached hydrogens (tertiary/aromatic N) is 3. The van der Waals surface area contributed by atoms with E-state index in [0.29, 0.717) is 17.5 Å². The number of methoxy groups -OCH3 is 1. The second-order valence-corrected chi connectivity index (χ2v) is 11.1. The van der Waals surface area contributed by atoms with Crippen LogP contribution in [-0.2, 0) is 24.7 Å². The van der Waals surface area contributed by atoms with E-state index in [2.05, 4.69) is 9.39 Å². The summed E-state index contributed by atoms with van der Waals surface area (Å²) >= 11 is 0.691. The number of hydrogen-bond acceptors (Lipinski definition) is 10. The summed E-state index contributed by atoms with van der Waals surface area (Å²) in [5.41, 5.74) is 0.174. The topological polar surface area (TPSA) is 156 Å². The maximum Gasteiger partial charge on any atom is 0.339 e. The van der Waals surface area contributed by atoms with Gasteiger partial charge in [0.25, 0.3) is 5.91 Å². The summed E-state index contributed by atoms with van der Waals surface area (Å²) in [6.07, 6.45) is 2.25. The van der Waals surface area contributed by atoms with Gasteiger partial charge in [0.1, 0.15) is 10.7 Å². The molecule has 0 atom stereocenters. The highest BCUT2D eigenvalue weighted by molar-refractivity contribution is 8.16. The van der Waals surface area contributed by atoms with Gasteiger partial charge in [0.05, 0.1) is 24.6 Å². The largest absolute Gasteiger partial charge is 0.493 e. The number of nitrogens with one attached hydrogen (secondary N) is 1. The van der Waals surface area contributed by atoms with Crippen LogP contribution in [0.25, 0.3) is 6.08 Å². The number of carbonyl (C=O) groups excluding carboxylic acids is 1. The van der Waals surface area contributed by atoms with Gasteiger partial charge in [0.2, 0.25) is 20.2 Å². The summed E-state index contributed by atoms with van der Waals surface area (Å²) in [5, 5.41) is 7.96. The fraction of sp³-hybridized carbons (Fsp3) is 0.100. The SMILES string of the molecule is COc1cc(/C=C2/C(=N)N3C(=NC2=O)SN=C3S(C)(=O)=O)ccc1OS(=O)(=O)c1ccccc1. The molecule has 0 fully saturated rings. The molecule has 14 heteroatoms. The zero-order valence-corrected chi connectivity index (χ0v) is 20.1. The summed E-state index contributed by atoms with van der Waals surface area (Å²) < 4.78 is 63.3. The van der Waals surface area contributed by atoms with Crippen molar-refractivity contribution in [2.45, 2.75) is 4.90 Å². The molecule has 1 amide bonds. The van der Waals surface area contributed by atoms with Crippen molar-refractivity contribution in [1.82, 2.24) is 4.90 Å². The third kappa shape index (κ3) is 4.47. The maximum atomic E-state index is 12.5. The third-order valence-electron chi connectivity index (χ3n) is 4.56. The molecule has 0 saturated carbocycles. The Balaban J connectivity index is 1.67. The van der Waals surface area contributed by atoms with Crippen LogP contribution in [-0.4, -0.2) is 57.2 Å². The van der Waals surface area contributed by atoms with Crippen LogP contribution in [0, 0.1) is 5.41 Å². The minimum Gasteiger partial charge on any atom is -0.493 e. The number of carbonyl (C=O) groups is 1. The molecule has 2 aromatic carbocycles. The van der Waals surface area contributed by atoms with Gasteiger partial charge in [0, 0.05) is 6.26 Å². The maximum absolute atomic E-state index is 12.5. The van der Waals surface area contributed by atoms with Gasteiger partial charge < -0.3 is 8.92 Å². The molecule has 0 bridgehead atoms. The van der Waals surface area contributed by atoms with Crippen molar-refractivity contribution >= 4 is 60.1 Å². The van der Waals surface area contributed by atoms with Crippen LogP contribution in [0.2, 0.25) is 0 Å². The van der Waals surface area contributed by atoms with Crippen LogP contribution >= 0.6 is 11.9 Å². The molecule has 34 heavy (non-hydrogen) atoms. The summed E-state index contributed by atoms with van der Waals surface area (Å²) in [7, 11) is -6.57. The van der Waals surface area contributed by atoms with Crippen LogP contribution in [0.1, 0.15) is 5.56 Å². The molecular formula is C20H16N4O7S3. The second-order valence-electron chi connectivity index (χ2n) is 6.94. The average molecular weight is 521 g/mol. The van der Waals surface area contributed by atoms with Crippen molar-refractivity contribution in [2.75, 3.05) is 13.4 Å². The van der Waals surface area contributed by atoms with Crippen LogP contribution in [0.5, 0.6) is 11.5 Å². The lowest BCUT2D eigenvalue weighted by Crippen LogP contribution is -2.45. The summed E-state index contributed by atoms with van der Waals surface area (Å²) in [5.74, 6) is -1.18. The van der Waals surface area contributed by atoms with E-state index in [1.54, 1.807) is 18.2 Å². The van der Waals surface area contributed by atoms with Crippen molar-refractivity contribution in [3.8, 4) is 11.5 Å². The van der Waals surface area contributed by atoms with Crippen LogP contribution in [0.3, 0.4) is 0 Å². The molecule has 4 rings (SSSR count). The van der Waals surface area contributed by atoms with Crippen molar-refractivity contribution in [1.29, 1.82) is 5.41 Å². The van der Waals surface area contributed by atoms with E-state index in [0.717, 1.165) is 11.2 Å². The molecule has 0 unspecified atom stereocenters. The molecule has 176 valence electrons. The van der Waals surface area contributed by atoms with E-state index in [4.69, 9.17) is 14.3 Å².